The Morgan fingerprint density at radius 3 is 2.72 bits per heavy atom. The lowest BCUT2D eigenvalue weighted by molar-refractivity contribution is 0.0697. The molecular weight excluding hydrogens is 232 g/mol. The van der Waals surface area contributed by atoms with Crippen molar-refractivity contribution in [2.45, 2.75) is 26.4 Å². The molecule has 6 heteroatoms. The van der Waals surface area contributed by atoms with Crippen LogP contribution in [0.5, 0.6) is 0 Å². The SMILES string of the molecule is CCCNc1cnc(C(=O)N(C)CC(C)O)cn1. The van der Waals surface area contributed by atoms with Crippen molar-refractivity contribution in [3.8, 4) is 0 Å². The van der Waals surface area contributed by atoms with E-state index < -0.39 is 6.10 Å². The van der Waals surface area contributed by atoms with Gasteiger partial charge < -0.3 is 15.3 Å². The second-order valence-electron chi connectivity index (χ2n) is 4.25. The van der Waals surface area contributed by atoms with Crippen molar-refractivity contribution in [3.63, 3.8) is 0 Å². The van der Waals surface area contributed by atoms with Crippen molar-refractivity contribution in [3.05, 3.63) is 18.1 Å². The Morgan fingerprint density at radius 1 is 1.50 bits per heavy atom. The highest BCUT2D eigenvalue weighted by Gasteiger charge is 2.14. The minimum atomic E-state index is -0.558. The fourth-order valence-electron chi connectivity index (χ4n) is 1.46. The molecule has 0 aliphatic rings. The maximum atomic E-state index is 11.9. The first-order valence-corrected chi connectivity index (χ1v) is 6.04. The molecule has 18 heavy (non-hydrogen) atoms. The number of carbonyl (C=O) groups is 1. The van der Waals surface area contributed by atoms with Crippen molar-refractivity contribution in [2.24, 2.45) is 0 Å². The first-order valence-electron chi connectivity index (χ1n) is 6.04. The summed E-state index contributed by atoms with van der Waals surface area (Å²) in [5.41, 5.74) is 0.278. The molecule has 0 radical (unpaired) electrons. The summed E-state index contributed by atoms with van der Waals surface area (Å²) in [6.07, 6.45) is 3.43. The van der Waals surface area contributed by atoms with E-state index >= 15 is 0 Å². The summed E-state index contributed by atoms with van der Waals surface area (Å²) in [6.45, 7) is 4.79. The maximum absolute atomic E-state index is 11.9. The Labute approximate surface area is 107 Å². The van der Waals surface area contributed by atoms with E-state index in [1.165, 1.54) is 11.1 Å². The van der Waals surface area contributed by atoms with E-state index in [1.807, 2.05) is 0 Å². The first-order chi connectivity index (χ1) is 8.54. The number of aliphatic hydroxyl groups is 1. The van der Waals surface area contributed by atoms with E-state index in [-0.39, 0.29) is 18.1 Å². The van der Waals surface area contributed by atoms with Crippen LogP contribution in [0.3, 0.4) is 0 Å². The molecule has 0 aromatic carbocycles. The average Bonchev–Trinajstić information content (AvgIpc) is 2.35. The van der Waals surface area contributed by atoms with Gasteiger partial charge in [-0.15, -0.1) is 0 Å². The van der Waals surface area contributed by atoms with Crippen molar-refractivity contribution in [1.82, 2.24) is 14.9 Å². The summed E-state index contributed by atoms with van der Waals surface area (Å²) in [5, 5.41) is 12.3. The highest BCUT2D eigenvalue weighted by molar-refractivity contribution is 5.91. The molecule has 0 fully saturated rings. The number of likely N-dealkylation sites (N-methyl/N-ethyl adjacent to an activating group) is 1. The Bertz CT molecular complexity index is 378. The molecule has 0 spiro atoms. The topological polar surface area (TPSA) is 78.4 Å². The fraction of sp³-hybridized carbons (Fsp3) is 0.583. The van der Waals surface area contributed by atoms with Gasteiger partial charge in [-0.05, 0) is 13.3 Å². The predicted octanol–water partition coefficient (Wildman–Crippen LogP) is 0.751. The molecular formula is C12H20N4O2. The van der Waals surface area contributed by atoms with Crippen LogP contribution in [0.4, 0.5) is 5.82 Å². The van der Waals surface area contributed by atoms with Crippen LogP contribution >= 0.6 is 0 Å². The third-order valence-electron chi connectivity index (χ3n) is 2.31. The van der Waals surface area contributed by atoms with Crippen LogP contribution in [0.25, 0.3) is 0 Å². The fourth-order valence-corrected chi connectivity index (χ4v) is 1.46. The lowest BCUT2D eigenvalue weighted by atomic mass is 10.3. The van der Waals surface area contributed by atoms with Crippen LogP contribution in [0.15, 0.2) is 12.4 Å². The van der Waals surface area contributed by atoms with Crippen LogP contribution in [0, 0.1) is 0 Å². The second-order valence-corrected chi connectivity index (χ2v) is 4.25. The molecule has 1 atom stereocenters. The third kappa shape index (κ3) is 4.29. The Morgan fingerprint density at radius 2 is 2.22 bits per heavy atom. The van der Waals surface area contributed by atoms with Crippen molar-refractivity contribution in [1.29, 1.82) is 0 Å². The standard InChI is InChI=1S/C12H20N4O2/c1-4-5-13-11-7-14-10(6-15-11)12(18)16(3)8-9(2)17/h6-7,9,17H,4-5,8H2,1-3H3,(H,13,15). The second kappa shape index (κ2) is 6.90. The van der Waals surface area contributed by atoms with Gasteiger partial charge in [0.2, 0.25) is 0 Å². The minimum absolute atomic E-state index is 0.245. The zero-order chi connectivity index (χ0) is 13.5. The Hall–Kier alpha value is -1.69. The quantitative estimate of drug-likeness (QED) is 0.781. The molecule has 0 aliphatic carbocycles. The minimum Gasteiger partial charge on any atom is -0.392 e. The molecule has 2 N–H and O–H groups in total. The normalized spacial score (nSPS) is 12.0. The molecule has 1 rings (SSSR count). The summed E-state index contributed by atoms with van der Waals surface area (Å²) in [6, 6.07) is 0. The molecule has 0 saturated carbocycles. The molecule has 1 aromatic heterocycles. The summed E-state index contributed by atoms with van der Waals surface area (Å²) in [7, 11) is 1.62. The summed E-state index contributed by atoms with van der Waals surface area (Å²) < 4.78 is 0. The highest BCUT2D eigenvalue weighted by Crippen LogP contribution is 2.04. The maximum Gasteiger partial charge on any atom is 0.273 e. The van der Waals surface area contributed by atoms with Crippen LogP contribution < -0.4 is 5.32 Å². The number of rotatable bonds is 6. The smallest absolute Gasteiger partial charge is 0.273 e. The molecule has 0 bridgehead atoms. The van der Waals surface area contributed by atoms with Crippen LogP contribution in [-0.2, 0) is 0 Å². The molecule has 0 saturated heterocycles. The zero-order valence-electron chi connectivity index (χ0n) is 11.1. The van der Waals surface area contributed by atoms with E-state index in [1.54, 1.807) is 20.2 Å². The van der Waals surface area contributed by atoms with E-state index in [4.69, 9.17) is 0 Å². The number of nitrogens with one attached hydrogen (secondary N) is 1. The lowest BCUT2D eigenvalue weighted by Crippen LogP contribution is -2.33. The number of anilines is 1. The van der Waals surface area contributed by atoms with Gasteiger partial charge in [0.15, 0.2) is 0 Å². The van der Waals surface area contributed by atoms with Gasteiger partial charge in [-0.3, -0.25) is 4.79 Å². The van der Waals surface area contributed by atoms with Gasteiger partial charge in [0.1, 0.15) is 11.5 Å². The van der Waals surface area contributed by atoms with Crippen molar-refractivity contribution in [2.75, 3.05) is 25.5 Å². The molecule has 0 aliphatic heterocycles. The van der Waals surface area contributed by atoms with Gasteiger partial charge in [0.25, 0.3) is 5.91 Å². The summed E-state index contributed by atoms with van der Waals surface area (Å²) >= 11 is 0. The first kappa shape index (κ1) is 14.4. The molecule has 1 unspecified atom stereocenters. The molecule has 1 amide bonds. The van der Waals surface area contributed by atoms with Gasteiger partial charge in [0.05, 0.1) is 18.5 Å². The largest absolute Gasteiger partial charge is 0.392 e. The molecule has 1 heterocycles. The van der Waals surface area contributed by atoms with E-state index in [2.05, 4.69) is 22.2 Å². The molecule has 1 aromatic rings. The number of carbonyl (C=O) groups excluding carboxylic acids is 1. The van der Waals surface area contributed by atoms with E-state index in [0.29, 0.717) is 5.82 Å². The van der Waals surface area contributed by atoms with Crippen molar-refractivity contribution >= 4 is 11.7 Å². The van der Waals surface area contributed by atoms with Crippen LogP contribution in [-0.4, -0.2) is 52.1 Å². The van der Waals surface area contributed by atoms with Crippen LogP contribution in [0.2, 0.25) is 0 Å². The van der Waals surface area contributed by atoms with Gasteiger partial charge in [-0.2, -0.15) is 0 Å². The Kier molecular flexibility index (Phi) is 5.51. The lowest BCUT2D eigenvalue weighted by Gasteiger charge is -2.18. The molecule has 6 nitrogen and oxygen atoms in total. The van der Waals surface area contributed by atoms with Gasteiger partial charge in [-0.1, -0.05) is 6.92 Å². The number of nitrogens with zero attached hydrogens (tertiary/aromatic N) is 3. The predicted molar refractivity (Wildman–Crippen MR) is 69.5 cm³/mol. The summed E-state index contributed by atoms with van der Waals surface area (Å²) in [5.74, 6) is 0.414. The molecule has 100 valence electrons. The third-order valence-corrected chi connectivity index (χ3v) is 2.31. The zero-order valence-corrected chi connectivity index (χ0v) is 11.1. The number of hydrogen-bond acceptors (Lipinski definition) is 5. The van der Waals surface area contributed by atoms with Gasteiger partial charge in [-0.25, -0.2) is 9.97 Å². The highest BCUT2D eigenvalue weighted by atomic mass is 16.3. The average molecular weight is 252 g/mol. The van der Waals surface area contributed by atoms with Gasteiger partial charge in [0, 0.05) is 20.1 Å². The monoisotopic (exact) mass is 252 g/mol. The Balaban J connectivity index is 2.63. The number of hydrogen-bond donors (Lipinski definition) is 2. The number of aliphatic hydroxyl groups excluding tert-OH is 1. The van der Waals surface area contributed by atoms with Crippen LogP contribution in [0.1, 0.15) is 30.8 Å². The number of amides is 1. The van der Waals surface area contributed by atoms with Gasteiger partial charge >= 0.3 is 0 Å². The van der Waals surface area contributed by atoms with E-state index in [9.17, 15) is 9.90 Å². The number of aromatic nitrogens is 2. The van der Waals surface area contributed by atoms with E-state index in [0.717, 1.165) is 13.0 Å². The summed E-state index contributed by atoms with van der Waals surface area (Å²) in [4.78, 5) is 21.5. The van der Waals surface area contributed by atoms with Crippen molar-refractivity contribution < 1.29 is 9.90 Å².